The van der Waals surface area contributed by atoms with Crippen molar-refractivity contribution < 1.29 is 9.21 Å². The van der Waals surface area contributed by atoms with E-state index >= 15 is 0 Å². The van der Waals surface area contributed by atoms with Crippen LogP contribution in [-0.2, 0) is 17.6 Å². The smallest absolute Gasteiger partial charge is 0.220 e. The molecule has 0 radical (unpaired) electrons. The van der Waals surface area contributed by atoms with Gasteiger partial charge in [0.1, 0.15) is 0 Å². The van der Waals surface area contributed by atoms with Gasteiger partial charge in [0.25, 0.3) is 0 Å². The predicted octanol–water partition coefficient (Wildman–Crippen LogP) is 2.48. The first-order chi connectivity index (χ1) is 10.1. The van der Waals surface area contributed by atoms with Gasteiger partial charge in [0.05, 0.1) is 0 Å². The quantitative estimate of drug-likeness (QED) is 0.849. The molecule has 0 aliphatic heterocycles. The number of nitrogens with zero attached hydrogens (tertiary/aromatic N) is 2. The Morgan fingerprint density at radius 2 is 1.95 bits per heavy atom. The minimum Gasteiger partial charge on any atom is -0.425 e. The molecule has 1 heterocycles. The third-order valence-corrected chi connectivity index (χ3v) is 3.12. The molecule has 0 atom stereocenters. The maximum absolute atomic E-state index is 11.7. The molecule has 1 N–H and O–H groups in total. The van der Waals surface area contributed by atoms with Gasteiger partial charge in [-0.25, -0.2) is 0 Å². The molecule has 0 saturated heterocycles. The summed E-state index contributed by atoms with van der Waals surface area (Å²) in [6, 6.07) is 9.99. The standard InChI is InChI=1S/C16H21N3O2/c1-12(2)16-19-18-15(21-16)10-11-17-14(20)9-8-13-6-4-3-5-7-13/h3-7,12H,8-11H2,1-2H3,(H,17,20). The Labute approximate surface area is 124 Å². The average Bonchev–Trinajstić information content (AvgIpc) is 2.95. The topological polar surface area (TPSA) is 68.0 Å². The van der Waals surface area contributed by atoms with E-state index in [4.69, 9.17) is 4.42 Å². The zero-order valence-electron chi connectivity index (χ0n) is 12.5. The highest BCUT2D eigenvalue weighted by molar-refractivity contribution is 5.76. The van der Waals surface area contributed by atoms with Crippen LogP contribution in [0.3, 0.4) is 0 Å². The van der Waals surface area contributed by atoms with Crippen molar-refractivity contribution in [2.45, 2.75) is 39.0 Å². The zero-order valence-corrected chi connectivity index (χ0v) is 12.5. The van der Waals surface area contributed by atoms with Crippen molar-refractivity contribution in [1.29, 1.82) is 0 Å². The Balaban J connectivity index is 1.67. The summed E-state index contributed by atoms with van der Waals surface area (Å²) < 4.78 is 5.48. The largest absolute Gasteiger partial charge is 0.425 e. The molecule has 2 rings (SSSR count). The van der Waals surface area contributed by atoms with E-state index in [0.29, 0.717) is 31.2 Å². The van der Waals surface area contributed by atoms with Crippen LogP contribution < -0.4 is 5.32 Å². The van der Waals surface area contributed by atoms with Crippen molar-refractivity contribution in [2.24, 2.45) is 0 Å². The number of aromatic nitrogens is 2. The zero-order chi connectivity index (χ0) is 15.1. The van der Waals surface area contributed by atoms with Crippen LogP contribution in [-0.4, -0.2) is 22.6 Å². The molecule has 0 bridgehead atoms. The van der Waals surface area contributed by atoms with Crippen LogP contribution in [0.4, 0.5) is 0 Å². The number of rotatable bonds is 7. The van der Waals surface area contributed by atoms with Crippen molar-refractivity contribution in [3.8, 4) is 0 Å². The lowest BCUT2D eigenvalue weighted by atomic mass is 10.1. The number of nitrogens with one attached hydrogen (secondary N) is 1. The molecule has 2 aromatic rings. The van der Waals surface area contributed by atoms with Crippen molar-refractivity contribution in [2.75, 3.05) is 6.54 Å². The molecule has 5 heteroatoms. The summed E-state index contributed by atoms with van der Waals surface area (Å²) in [5, 5.41) is 10.8. The molecule has 21 heavy (non-hydrogen) atoms. The van der Waals surface area contributed by atoms with Crippen LogP contribution in [0.25, 0.3) is 0 Å². The van der Waals surface area contributed by atoms with Crippen molar-refractivity contribution in [1.82, 2.24) is 15.5 Å². The maximum Gasteiger partial charge on any atom is 0.220 e. The average molecular weight is 287 g/mol. The Morgan fingerprint density at radius 3 is 2.62 bits per heavy atom. The van der Waals surface area contributed by atoms with Crippen molar-refractivity contribution >= 4 is 5.91 Å². The molecule has 1 amide bonds. The molecule has 1 aromatic carbocycles. The molecule has 0 unspecified atom stereocenters. The van der Waals surface area contributed by atoms with Gasteiger partial charge in [-0.05, 0) is 12.0 Å². The highest BCUT2D eigenvalue weighted by Gasteiger charge is 2.09. The van der Waals surface area contributed by atoms with Crippen LogP contribution in [0.5, 0.6) is 0 Å². The summed E-state index contributed by atoms with van der Waals surface area (Å²) in [6.07, 6.45) is 1.81. The number of hydrogen-bond acceptors (Lipinski definition) is 4. The first-order valence-corrected chi connectivity index (χ1v) is 7.28. The van der Waals surface area contributed by atoms with Gasteiger partial charge in [0.2, 0.25) is 17.7 Å². The Morgan fingerprint density at radius 1 is 1.19 bits per heavy atom. The maximum atomic E-state index is 11.7. The van der Waals surface area contributed by atoms with E-state index in [0.717, 1.165) is 6.42 Å². The van der Waals surface area contributed by atoms with E-state index in [9.17, 15) is 4.79 Å². The summed E-state index contributed by atoms with van der Waals surface area (Å²) in [7, 11) is 0. The van der Waals surface area contributed by atoms with Crippen molar-refractivity contribution in [3.05, 3.63) is 47.7 Å². The highest BCUT2D eigenvalue weighted by Crippen LogP contribution is 2.11. The molecule has 0 fully saturated rings. The fraction of sp³-hybridized carbons (Fsp3) is 0.438. The van der Waals surface area contributed by atoms with E-state index in [1.54, 1.807) is 0 Å². The van der Waals surface area contributed by atoms with E-state index < -0.39 is 0 Å². The Hall–Kier alpha value is -2.17. The second-order valence-electron chi connectivity index (χ2n) is 5.27. The molecule has 0 spiro atoms. The van der Waals surface area contributed by atoms with Crippen LogP contribution in [0.15, 0.2) is 34.7 Å². The van der Waals surface area contributed by atoms with E-state index in [-0.39, 0.29) is 11.8 Å². The normalized spacial score (nSPS) is 10.8. The van der Waals surface area contributed by atoms with E-state index in [1.807, 2.05) is 44.2 Å². The number of hydrogen-bond donors (Lipinski definition) is 1. The summed E-state index contributed by atoms with van der Waals surface area (Å²) in [5.41, 5.74) is 1.17. The van der Waals surface area contributed by atoms with Crippen LogP contribution in [0, 0.1) is 0 Å². The third-order valence-electron chi connectivity index (χ3n) is 3.12. The first-order valence-electron chi connectivity index (χ1n) is 7.28. The van der Waals surface area contributed by atoms with Gasteiger partial charge in [-0.2, -0.15) is 0 Å². The molecule has 0 saturated carbocycles. The van der Waals surface area contributed by atoms with Gasteiger partial charge < -0.3 is 9.73 Å². The summed E-state index contributed by atoms with van der Waals surface area (Å²) >= 11 is 0. The summed E-state index contributed by atoms with van der Waals surface area (Å²) in [6.45, 7) is 4.53. The SMILES string of the molecule is CC(C)c1nnc(CCNC(=O)CCc2ccccc2)o1. The molecule has 112 valence electrons. The third kappa shape index (κ3) is 5.02. The van der Waals surface area contributed by atoms with Crippen LogP contribution in [0.2, 0.25) is 0 Å². The molecule has 5 nitrogen and oxygen atoms in total. The first kappa shape index (κ1) is 15.2. The van der Waals surface area contributed by atoms with E-state index in [2.05, 4.69) is 15.5 Å². The second kappa shape index (κ2) is 7.57. The van der Waals surface area contributed by atoms with Gasteiger partial charge in [-0.15, -0.1) is 10.2 Å². The van der Waals surface area contributed by atoms with Crippen LogP contribution in [0.1, 0.15) is 43.5 Å². The van der Waals surface area contributed by atoms with Crippen molar-refractivity contribution in [3.63, 3.8) is 0 Å². The second-order valence-corrected chi connectivity index (χ2v) is 5.27. The molecule has 0 aliphatic carbocycles. The fourth-order valence-corrected chi connectivity index (χ4v) is 1.90. The lowest BCUT2D eigenvalue weighted by Crippen LogP contribution is -2.25. The van der Waals surface area contributed by atoms with E-state index in [1.165, 1.54) is 5.56 Å². The van der Waals surface area contributed by atoms with Gasteiger partial charge in [0, 0.05) is 25.3 Å². The summed E-state index contributed by atoms with van der Waals surface area (Å²) in [4.78, 5) is 11.7. The minimum absolute atomic E-state index is 0.0439. The summed E-state index contributed by atoms with van der Waals surface area (Å²) in [5.74, 6) is 1.48. The monoisotopic (exact) mass is 287 g/mol. The molecule has 1 aromatic heterocycles. The molecule has 0 aliphatic rings. The number of carbonyl (C=O) groups is 1. The molecular weight excluding hydrogens is 266 g/mol. The number of benzene rings is 1. The van der Waals surface area contributed by atoms with Gasteiger partial charge in [-0.1, -0.05) is 44.2 Å². The molecular formula is C16H21N3O2. The van der Waals surface area contributed by atoms with Gasteiger partial charge in [0.15, 0.2) is 0 Å². The minimum atomic E-state index is 0.0439. The number of amides is 1. The number of carbonyl (C=O) groups excluding carboxylic acids is 1. The van der Waals surface area contributed by atoms with Gasteiger partial charge >= 0.3 is 0 Å². The van der Waals surface area contributed by atoms with Gasteiger partial charge in [-0.3, -0.25) is 4.79 Å². The number of aryl methyl sites for hydroxylation is 1. The predicted molar refractivity (Wildman–Crippen MR) is 79.9 cm³/mol. The Bertz CT molecular complexity index is 564. The lowest BCUT2D eigenvalue weighted by molar-refractivity contribution is -0.121. The lowest BCUT2D eigenvalue weighted by Gasteiger charge is -2.03. The Kier molecular flexibility index (Phi) is 5.49. The fourth-order valence-electron chi connectivity index (χ4n) is 1.90. The van der Waals surface area contributed by atoms with Crippen LogP contribution >= 0.6 is 0 Å². The highest BCUT2D eigenvalue weighted by atomic mass is 16.4.